The number of aryl methyl sites for hydroxylation is 1. The zero-order chi connectivity index (χ0) is 13.3. The lowest BCUT2D eigenvalue weighted by atomic mass is 10.3. The van der Waals surface area contributed by atoms with Gasteiger partial charge in [0.2, 0.25) is 5.13 Å². The molecule has 0 fully saturated rings. The van der Waals surface area contributed by atoms with Gasteiger partial charge in [-0.2, -0.15) is 0 Å². The Hall–Kier alpha value is -1.19. The molecule has 18 heavy (non-hydrogen) atoms. The third-order valence-electron chi connectivity index (χ3n) is 1.99. The van der Waals surface area contributed by atoms with Crippen molar-refractivity contribution in [2.24, 2.45) is 0 Å². The lowest BCUT2D eigenvalue weighted by molar-refractivity contribution is 0.600. The Balaban J connectivity index is 2.39. The Labute approximate surface area is 116 Å². The highest BCUT2D eigenvalue weighted by molar-refractivity contribution is 9.10. The molecule has 1 heterocycles. The van der Waals surface area contributed by atoms with Crippen LogP contribution in [0.15, 0.2) is 27.6 Å². The van der Waals surface area contributed by atoms with Gasteiger partial charge in [-0.1, -0.05) is 11.3 Å². The summed E-state index contributed by atoms with van der Waals surface area (Å²) in [6.45, 7) is 1.74. The molecule has 0 aliphatic carbocycles. The first-order valence-electron chi connectivity index (χ1n) is 4.76. The summed E-state index contributed by atoms with van der Waals surface area (Å²) < 4.78 is 27.0. The average molecular weight is 349 g/mol. The van der Waals surface area contributed by atoms with Gasteiger partial charge in [-0.25, -0.2) is 8.42 Å². The number of halogens is 1. The van der Waals surface area contributed by atoms with E-state index in [2.05, 4.69) is 30.8 Å². The number of nitrogens with two attached hydrogens (primary N) is 1. The number of nitrogens with one attached hydrogen (secondary N) is 1. The summed E-state index contributed by atoms with van der Waals surface area (Å²) in [5.41, 5.74) is 5.95. The van der Waals surface area contributed by atoms with Gasteiger partial charge in [0.15, 0.2) is 0 Å². The molecule has 9 heteroatoms. The van der Waals surface area contributed by atoms with E-state index in [1.165, 1.54) is 6.07 Å². The molecule has 0 aliphatic rings. The zero-order valence-corrected chi connectivity index (χ0v) is 12.4. The minimum Gasteiger partial charge on any atom is -0.399 e. The summed E-state index contributed by atoms with van der Waals surface area (Å²) in [7, 11) is -3.72. The quantitative estimate of drug-likeness (QED) is 0.826. The van der Waals surface area contributed by atoms with E-state index in [1.54, 1.807) is 19.1 Å². The number of hydrogen-bond acceptors (Lipinski definition) is 6. The normalized spacial score (nSPS) is 11.4. The van der Waals surface area contributed by atoms with E-state index in [9.17, 15) is 8.42 Å². The first kappa shape index (κ1) is 13.2. The molecule has 0 bridgehead atoms. The van der Waals surface area contributed by atoms with Crippen LogP contribution >= 0.6 is 27.3 Å². The Morgan fingerprint density at radius 1 is 1.39 bits per heavy atom. The molecule has 0 unspecified atom stereocenters. The fourth-order valence-electron chi connectivity index (χ4n) is 1.23. The molecule has 1 aromatic heterocycles. The lowest BCUT2D eigenvalue weighted by Gasteiger charge is -2.07. The van der Waals surface area contributed by atoms with Crippen LogP contribution in [-0.4, -0.2) is 18.6 Å². The van der Waals surface area contributed by atoms with Crippen LogP contribution in [0.3, 0.4) is 0 Å². The highest BCUT2D eigenvalue weighted by Gasteiger charge is 2.19. The topological polar surface area (TPSA) is 98.0 Å². The van der Waals surface area contributed by atoms with Gasteiger partial charge in [0, 0.05) is 10.2 Å². The number of hydrogen-bond donors (Lipinski definition) is 2. The molecular weight excluding hydrogens is 340 g/mol. The van der Waals surface area contributed by atoms with Crippen molar-refractivity contribution < 1.29 is 8.42 Å². The van der Waals surface area contributed by atoms with Crippen LogP contribution in [-0.2, 0) is 10.0 Å². The second-order valence-electron chi connectivity index (χ2n) is 3.42. The third kappa shape index (κ3) is 2.79. The van der Waals surface area contributed by atoms with Crippen molar-refractivity contribution in [2.75, 3.05) is 10.5 Å². The first-order chi connectivity index (χ1) is 8.38. The number of nitrogen functional groups attached to an aromatic ring is 1. The van der Waals surface area contributed by atoms with Crippen molar-refractivity contribution in [3.05, 3.63) is 27.7 Å². The molecule has 0 radical (unpaired) electrons. The number of benzene rings is 1. The van der Waals surface area contributed by atoms with E-state index in [1.807, 2.05) is 0 Å². The number of aromatic nitrogens is 2. The molecule has 0 spiro atoms. The summed E-state index contributed by atoms with van der Waals surface area (Å²) in [6.07, 6.45) is 0. The van der Waals surface area contributed by atoms with Gasteiger partial charge in [-0.3, -0.25) is 4.72 Å². The van der Waals surface area contributed by atoms with Gasteiger partial charge in [0.25, 0.3) is 10.0 Å². The zero-order valence-electron chi connectivity index (χ0n) is 9.21. The second-order valence-corrected chi connectivity index (χ2v) is 7.11. The summed E-state index contributed by atoms with van der Waals surface area (Å²) in [5.74, 6) is 0. The van der Waals surface area contributed by atoms with Crippen LogP contribution in [0.25, 0.3) is 0 Å². The van der Waals surface area contributed by atoms with Crippen LogP contribution in [0, 0.1) is 6.92 Å². The SMILES string of the molecule is Cc1nnc(NS(=O)(=O)c2cc(N)ccc2Br)s1. The van der Waals surface area contributed by atoms with Crippen molar-refractivity contribution in [1.82, 2.24) is 10.2 Å². The van der Waals surface area contributed by atoms with Crippen molar-refractivity contribution in [2.45, 2.75) is 11.8 Å². The molecule has 2 rings (SSSR count). The largest absolute Gasteiger partial charge is 0.399 e. The van der Waals surface area contributed by atoms with Crippen LogP contribution in [0.2, 0.25) is 0 Å². The number of nitrogens with zero attached hydrogens (tertiary/aromatic N) is 2. The molecule has 0 amide bonds. The van der Waals surface area contributed by atoms with Crippen molar-refractivity contribution in [3.63, 3.8) is 0 Å². The monoisotopic (exact) mass is 348 g/mol. The van der Waals surface area contributed by atoms with Crippen LogP contribution < -0.4 is 10.5 Å². The maximum absolute atomic E-state index is 12.1. The van der Waals surface area contributed by atoms with E-state index >= 15 is 0 Å². The minimum absolute atomic E-state index is 0.0651. The molecule has 96 valence electrons. The summed E-state index contributed by atoms with van der Waals surface area (Å²) in [4.78, 5) is 0.0651. The fraction of sp³-hybridized carbons (Fsp3) is 0.111. The molecule has 0 saturated heterocycles. The van der Waals surface area contributed by atoms with Gasteiger partial charge >= 0.3 is 0 Å². The van der Waals surface area contributed by atoms with Gasteiger partial charge in [0.05, 0.1) is 0 Å². The summed E-state index contributed by atoms with van der Waals surface area (Å²) in [6, 6.07) is 4.56. The van der Waals surface area contributed by atoms with Gasteiger partial charge in [-0.05, 0) is 41.1 Å². The van der Waals surface area contributed by atoms with Crippen LogP contribution in [0.1, 0.15) is 5.01 Å². The smallest absolute Gasteiger partial charge is 0.264 e. The predicted octanol–water partition coefficient (Wildman–Crippen LogP) is 1.99. The lowest BCUT2D eigenvalue weighted by Crippen LogP contribution is -2.13. The maximum atomic E-state index is 12.1. The van der Waals surface area contributed by atoms with Crippen LogP contribution in [0.5, 0.6) is 0 Å². The van der Waals surface area contributed by atoms with E-state index in [0.717, 1.165) is 11.3 Å². The van der Waals surface area contributed by atoms with E-state index in [0.29, 0.717) is 15.2 Å². The van der Waals surface area contributed by atoms with Crippen molar-refractivity contribution in [1.29, 1.82) is 0 Å². The highest BCUT2D eigenvalue weighted by atomic mass is 79.9. The van der Waals surface area contributed by atoms with Gasteiger partial charge in [0.1, 0.15) is 9.90 Å². The summed E-state index contributed by atoms with van der Waals surface area (Å²) in [5, 5.41) is 8.35. The Morgan fingerprint density at radius 2 is 2.11 bits per heavy atom. The Kier molecular flexibility index (Phi) is 3.55. The predicted molar refractivity (Wildman–Crippen MR) is 74.0 cm³/mol. The standard InChI is InChI=1S/C9H9BrN4O2S2/c1-5-12-13-9(17-5)14-18(15,16)8-4-6(11)2-3-7(8)10/h2-4H,11H2,1H3,(H,13,14). The van der Waals surface area contributed by atoms with Crippen molar-refractivity contribution >= 4 is 48.1 Å². The van der Waals surface area contributed by atoms with Gasteiger partial charge in [-0.15, -0.1) is 10.2 Å². The Bertz CT molecular complexity index is 684. The van der Waals surface area contributed by atoms with E-state index < -0.39 is 10.0 Å². The minimum atomic E-state index is -3.72. The molecule has 1 aromatic carbocycles. The molecular formula is C9H9BrN4O2S2. The summed E-state index contributed by atoms with van der Waals surface area (Å²) >= 11 is 4.34. The highest BCUT2D eigenvalue weighted by Crippen LogP contribution is 2.27. The fourth-order valence-corrected chi connectivity index (χ4v) is 4.06. The van der Waals surface area contributed by atoms with Crippen LogP contribution in [0.4, 0.5) is 10.8 Å². The second kappa shape index (κ2) is 4.82. The van der Waals surface area contributed by atoms with Crippen molar-refractivity contribution in [3.8, 4) is 0 Å². The molecule has 3 N–H and O–H groups in total. The van der Waals surface area contributed by atoms with E-state index in [-0.39, 0.29) is 10.0 Å². The number of anilines is 2. The first-order valence-corrected chi connectivity index (χ1v) is 7.86. The maximum Gasteiger partial charge on any atom is 0.264 e. The molecule has 0 saturated carbocycles. The molecule has 2 aromatic rings. The molecule has 0 aliphatic heterocycles. The third-order valence-corrected chi connectivity index (χ3v) is 5.21. The molecule has 0 atom stereocenters. The van der Waals surface area contributed by atoms with E-state index in [4.69, 9.17) is 5.73 Å². The molecule has 6 nitrogen and oxygen atoms in total. The van der Waals surface area contributed by atoms with Gasteiger partial charge < -0.3 is 5.73 Å². The average Bonchev–Trinajstić information content (AvgIpc) is 2.66. The Morgan fingerprint density at radius 3 is 2.72 bits per heavy atom. The number of sulfonamides is 1. The number of rotatable bonds is 3.